The smallest absolute Gasteiger partial charge is 0.234 e. The number of oxime groups is 1. The monoisotopic (exact) mass is 295 g/mol. The van der Waals surface area contributed by atoms with Gasteiger partial charge in [-0.3, -0.25) is 4.79 Å². The minimum Gasteiger partial charge on any atom is -0.409 e. The third kappa shape index (κ3) is 2.40. The van der Waals surface area contributed by atoms with E-state index in [-0.39, 0.29) is 17.8 Å². The molecule has 110 valence electrons. The highest BCUT2D eigenvalue weighted by Gasteiger charge is 2.48. The Morgan fingerprint density at radius 2 is 2.20 bits per heavy atom. The van der Waals surface area contributed by atoms with Crippen LogP contribution in [-0.2, 0) is 4.79 Å². The molecule has 1 unspecified atom stereocenters. The first-order valence-corrected chi connectivity index (χ1v) is 7.58. The van der Waals surface area contributed by atoms with E-state index < -0.39 is 5.41 Å². The summed E-state index contributed by atoms with van der Waals surface area (Å²) in [6, 6.07) is 2.03. The quantitative estimate of drug-likeness (QED) is 0.345. The van der Waals surface area contributed by atoms with Crippen molar-refractivity contribution < 1.29 is 10.0 Å². The van der Waals surface area contributed by atoms with Gasteiger partial charge in [-0.15, -0.1) is 11.3 Å². The van der Waals surface area contributed by atoms with E-state index in [2.05, 4.69) is 30.4 Å². The van der Waals surface area contributed by atoms with Crippen LogP contribution in [0.1, 0.15) is 47.5 Å². The van der Waals surface area contributed by atoms with Crippen LogP contribution in [0.2, 0.25) is 0 Å². The van der Waals surface area contributed by atoms with E-state index in [0.29, 0.717) is 12.8 Å². The maximum Gasteiger partial charge on any atom is 0.234 e. The standard InChI is InChI=1S/C14H21N3O2S/c1-8-7-11(10(3)20-8)9(2)16-13(18)14(5-4-6-14)12(15)17-19/h7,9,19H,4-6H2,1-3H3,(H2,15,17)(H,16,18). The number of amidine groups is 1. The fraction of sp³-hybridized carbons (Fsp3) is 0.571. The van der Waals surface area contributed by atoms with Crippen molar-refractivity contribution in [2.75, 3.05) is 0 Å². The van der Waals surface area contributed by atoms with Crippen molar-refractivity contribution >= 4 is 23.1 Å². The maximum absolute atomic E-state index is 12.5. The molecule has 1 fully saturated rings. The van der Waals surface area contributed by atoms with Gasteiger partial charge < -0.3 is 16.3 Å². The van der Waals surface area contributed by atoms with Crippen molar-refractivity contribution in [1.29, 1.82) is 0 Å². The van der Waals surface area contributed by atoms with Crippen LogP contribution < -0.4 is 11.1 Å². The molecule has 1 aromatic rings. The summed E-state index contributed by atoms with van der Waals surface area (Å²) in [6.07, 6.45) is 2.21. The zero-order valence-corrected chi connectivity index (χ0v) is 12.9. The Kier molecular flexibility index (Phi) is 4.04. The summed E-state index contributed by atoms with van der Waals surface area (Å²) < 4.78 is 0. The van der Waals surface area contributed by atoms with Crippen molar-refractivity contribution in [3.63, 3.8) is 0 Å². The fourth-order valence-electron chi connectivity index (χ4n) is 2.72. The lowest BCUT2D eigenvalue weighted by Gasteiger charge is -2.39. The summed E-state index contributed by atoms with van der Waals surface area (Å²) in [4.78, 5) is 14.9. The number of hydrogen-bond acceptors (Lipinski definition) is 4. The van der Waals surface area contributed by atoms with Crippen LogP contribution in [-0.4, -0.2) is 17.0 Å². The van der Waals surface area contributed by atoms with Crippen LogP contribution in [0.4, 0.5) is 0 Å². The molecular weight excluding hydrogens is 274 g/mol. The highest BCUT2D eigenvalue weighted by Crippen LogP contribution is 2.42. The van der Waals surface area contributed by atoms with Gasteiger partial charge in [0.05, 0.1) is 6.04 Å². The summed E-state index contributed by atoms with van der Waals surface area (Å²) in [7, 11) is 0. The maximum atomic E-state index is 12.5. The van der Waals surface area contributed by atoms with Gasteiger partial charge in [0.25, 0.3) is 0 Å². The Labute approximate surface area is 122 Å². The molecule has 1 amide bonds. The van der Waals surface area contributed by atoms with Gasteiger partial charge in [0.15, 0.2) is 5.84 Å². The van der Waals surface area contributed by atoms with Crippen LogP contribution in [0.15, 0.2) is 11.2 Å². The van der Waals surface area contributed by atoms with Gasteiger partial charge in [-0.25, -0.2) is 0 Å². The number of aryl methyl sites for hydroxylation is 2. The van der Waals surface area contributed by atoms with Gasteiger partial charge in [0, 0.05) is 9.75 Å². The van der Waals surface area contributed by atoms with Crippen molar-refractivity contribution in [1.82, 2.24) is 5.32 Å². The van der Waals surface area contributed by atoms with Crippen LogP contribution in [0.25, 0.3) is 0 Å². The number of nitrogens with one attached hydrogen (secondary N) is 1. The summed E-state index contributed by atoms with van der Waals surface area (Å²) in [5.41, 5.74) is 6.02. The van der Waals surface area contributed by atoms with Gasteiger partial charge in [-0.05, 0) is 45.2 Å². The lowest BCUT2D eigenvalue weighted by Crippen LogP contribution is -2.54. The largest absolute Gasteiger partial charge is 0.409 e. The summed E-state index contributed by atoms with van der Waals surface area (Å²) >= 11 is 1.72. The predicted molar refractivity (Wildman–Crippen MR) is 80.0 cm³/mol. The van der Waals surface area contributed by atoms with Crippen LogP contribution >= 0.6 is 11.3 Å². The molecule has 2 rings (SSSR count). The molecule has 4 N–H and O–H groups in total. The van der Waals surface area contributed by atoms with Crippen molar-refractivity contribution in [3.8, 4) is 0 Å². The number of amides is 1. The van der Waals surface area contributed by atoms with Crippen LogP contribution in [0, 0.1) is 19.3 Å². The van der Waals surface area contributed by atoms with Crippen molar-refractivity contribution in [3.05, 3.63) is 21.4 Å². The Balaban J connectivity index is 2.13. The molecule has 6 heteroatoms. The SMILES string of the molecule is Cc1cc(C(C)NC(=O)C2(/C(N)=N/O)CCC2)c(C)s1. The first-order valence-electron chi connectivity index (χ1n) is 6.76. The van der Waals surface area contributed by atoms with E-state index in [1.165, 1.54) is 9.75 Å². The molecule has 1 atom stereocenters. The average molecular weight is 295 g/mol. The number of carbonyl (C=O) groups excluding carboxylic acids is 1. The molecule has 0 bridgehead atoms. The molecule has 1 aliphatic rings. The zero-order chi connectivity index (χ0) is 14.9. The molecule has 1 aromatic heterocycles. The van der Waals surface area contributed by atoms with E-state index in [0.717, 1.165) is 12.0 Å². The van der Waals surface area contributed by atoms with Gasteiger partial charge in [-0.1, -0.05) is 11.6 Å². The molecular formula is C14H21N3O2S. The third-order valence-corrected chi connectivity index (χ3v) is 5.11. The molecule has 0 aromatic carbocycles. The molecule has 0 saturated heterocycles. The summed E-state index contributed by atoms with van der Waals surface area (Å²) in [6.45, 7) is 6.07. The van der Waals surface area contributed by atoms with Gasteiger partial charge in [0.2, 0.25) is 5.91 Å². The first-order chi connectivity index (χ1) is 9.40. The van der Waals surface area contributed by atoms with Gasteiger partial charge in [0.1, 0.15) is 5.41 Å². The van der Waals surface area contributed by atoms with E-state index in [1.54, 1.807) is 11.3 Å². The fourth-order valence-corrected chi connectivity index (χ4v) is 3.74. The molecule has 1 heterocycles. The van der Waals surface area contributed by atoms with Gasteiger partial charge in [-0.2, -0.15) is 0 Å². The first kappa shape index (κ1) is 14.8. The van der Waals surface area contributed by atoms with E-state index in [4.69, 9.17) is 10.9 Å². The zero-order valence-electron chi connectivity index (χ0n) is 12.1. The minimum atomic E-state index is -0.817. The summed E-state index contributed by atoms with van der Waals surface area (Å²) in [5.74, 6) is -0.124. The minimum absolute atomic E-state index is 0.0201. The topological polar surface area (TPSA) is 87.7 Å². The normalized spacial score (nSPS) is 19.2. The Morgan fingerprint density at radius 1 is 1.55 bits per heavy atom. The number of thiophene rings is 1. The summed E-state index contributed by atoms with van der Waals surface area (Å²) in [5, 5.41) is 14.9. The number of nitrogens with zero attached hydrogens (tertiary/aromatic N) is 1. The van der Waals surface area contributed by atoms with Crippen molar-refractivity contribution in [2.45, 2.75) is 46.1 Å². The Hall–Kier alpha value is -1.56. The van der Waals surface area contributed by atoms with E-state index in [1.807, 2.05) is 6.92 Å². The van der Waals surface area contributed by atoms with Crippen LogP contribution in [0.3, 0.4) is 0 Å². The molecule has 0 aliphatic heterocycles. The highest BCUT2D eigenvalue weighted by atomic mass is 32.1. The molecule has 0 spiro atoms. The number of rotatable bonds is 4. The molecule has 20 heavy (non-hydrogen) atoms. The second-order valence-electron chi connectivity index (χ2n) is 5.48. The van der Waals surface area contributed by atoms with Gasteiger partial charge >= 0.3 is 0 Å². The van der Waals surface area contributed by atoms with Crippen LogP contribution in [0.5, 0.6) is 0 Å². The van der Waals surface area contributed by atoms with E-state index >= 15 is 0 Å². The average Bonchev–Trinajstić information content (AvgIpc) is 2.66. The number of hydrogen-bond donors (Lipinski definition) is 3. The number of nitrogens with two attached hydrogens (primary N) is 1. The molecule has 5 nitrogen and oxygen atoms in total. The van der Waals surface area contributed by atoms with E-state index in [9.17, 15) is 4.79 Å². The van der Waals surface area contributed by atoms with Crippen molar-refractivity contribution in [2.24, 2.45) is 16.3 Å². The molecule has 0 radical (unpaired) electrons. The molecule has 1 aliphatic carbocycles. The second kappa shape index (κ2) is 5.44. The lowest BCUT2D eigenvalue weighted by molar-refractivity contribution is -0.131. The Bertz CT molecular complexity index is 547. The Morgan fingerprint density at radius 3 is 2.60 bits per heavy atom. The number of carbonyl (C=O) groups is 1. The lowest BCUT2D eigenvalue weighted by atomic mass is 9.67. The highest BCUT2D eigenvalue weighted by molar-refractivity contribution is 7.12. The predicted octanol–water partition coefficient (Wildman–Crippen LogP) is 2.46. The molecule has 1 saturated carbocycles. The third-order valence-electron chi connectivity index (χ3n) is 4.13. The second-order valence-corrected chi connectivity index (χ2v) is 6.95.